The van der Waals surface area contributed by atoms with Crippen LogP contribution in [-0.4, -0.2) is 35.8 Å². The van der Waals surface area contributed by atoms with Crippen LogP contribution < -0.4 is 10.1 Å². The number of anilines is 1. The number of methoxy groups -OCH3 is 1. The molecule has 7 nitrogen and oxygen atoms in total. The van der Waals surface area contributed by atoms with Gasteiger partial charge in [0.1, 0.15) is 17.0 Å². The second-order valence-electron chi connectivity index (χ2n) is 5.59. The number of nitrogens with one attached hydrogen (secondary N) is 1. The highest BCUT2D eigenvalue weighted by molar-refractivity contribution is 7.99. The van der Waals surface area contributed by atoms with Crippen LogP contribution in [0, 0.1) is 0 Å². The second kappa shape index (κ2) is 8.59. The van der Waals surface area contributed by atoms with Crippen molar-refractivity contribution in [1.82, 2.24) is 4.98 Å². The molecule has 0 radical (unpaired) electrons. The third-order valence-corrected chi connectivity index (χ3v) is 4.42. The van der Waals surface area contributed by atoms with Crippen LogP contribution in [-0.2, 0) is 14.3 Å². The van der Waals surface area contributed by atoms with Crippen LogP contribution in [0.2, 0.25) is 0 Å². The molecule has 1 unspecified atom stereocenters. The number of hydrogen-bond acceptors (Lipinski definition) is 7. The lowest BCUT2D eigenvalue weighted by molar-refractivity contribution is -0.150. The first-order chi connectivity index (χ1) is 13.0. The fourth-order valence-corrected chi connectivity index (χ4v) is 2.86. The minimum Gasteiger partial charge on any atom is -0.497 e. The first-order valence-electron chi connectivity index (χ1n) is 8.18. The molecule has 140 valence electrons. The molecule has 0 bridgehead atoms. The summed E-state index contributed by atoms with van der Waals surface area (Å²) in [6, 6.07) is 14.2. The maximum Gasteiger partial charge on any atom is 0.317 e. The zero-order chi connectivity index (χ0) is 19.2. The summed E-state index contributed by atoms with van der Waals surface area (Å²) >= 11 is 1.12. The number of para-hydroxylation sites is 2. The number of aromatic nitrogens is 1. The third-order valence-electron chi connectivity index (χ3n) is 3.62. The van der Waals surface area contributed by atoms with Crippen LogP contribution >= 0.6 is 11.8 Å². The molecule has 1 heterocycles. The van der Waals surface area contributed by atoms with Gasteiger partial charge in [0.05, 0.1) is 7.11 Å². The van der Waals surface area contributed by atoms with Gasteiger partial charge in [-0.3, -0.25) is 9.59 Å². The Balaban J connectivity index is 1.48. The summed E-state index contributed by atoms with van der Waals surface area (Å²) < 4.78 is 15.7. The number of hydrogen-bond donors (Lipinski definition) is 1. The van der Waals surface area contributed by atoms with Crippen molar-refractivity contribution in [1.29, 1.82) is 0 Å². The summed E-state index contributed by atoms with van der Waals surface area (Å²) in [6.07, 6.45) is -0.927. The topological polar surface area (TPSA) is 90.7 Å². The maximum atomic E-state index is 12.1. The summed E-state index contributed by atoms with van der Waals surface area (Å²) in [5.41, 5.74) is 1.96. The molecule has 0 aliphatic heterocycles. The smallest absolute Gasteiger partial charge is 0.317 e. The summed E-state index contributed by atoms with van der Waals surface area (Å²) in [4.78, 5) is 28.4. The Bertz CT molecular complexity index is 906. The lowest BCUT2D eigenvalue weighted by Gasteiger charge is -2.13. The Hall–Kier alpha value is -3.00. The van der Waals surface area contributed by atoms with E-state index in [1.165, 1.54) is 6.92 Å². The van der Waals surface area contributed by atoms with Gasteiger partial charge in [-0.05, 0) is 43.3 Å². The van der Waals surface area contributed by atoms with E-state index in [-0.39, 0.29) is 5.75 Å². The van der Waals surface area contributed by atoms with Gasteiger partial charge >= 0.3 is 5.97 Å². The van der Waals surface area contributed by atoms with E-state index in [1.807, 2.05) is 18.2 Å². The molecule has 1 aromatic heterocycles. The molecule has 0 spiro atoms. The zero-order valence-electron chi connectivity index (χ0n) is 14.8. The number of fused-ring (bicyclic) bond motifs is 1. The zero-order valence-corrected chi connectivity index (χ0v) is 15.6. The van der Waals surface area contributed by atoms with E-state index in [1.54, 1.807) is 37.4 Å². The van der Waals surface area contributed by atoms with Crippen molar-refractivity contribution in [3.05, 3.63) is 48.5 Å². The molecular weight excluding hydrogens is 368 g/mol. The standard InChI is InChI=1S/C19H18N2O5S/c1-12(18(23)20-13-7-9-14(24-2)10-8-13)25-17(22)11-27-19-21-15-5-3-4-6-16(15)26-19/h3-10,12H,11H2,1-2H3,(H,20,23). The van der Waals surface area contributed by atoms with Crippen molar-refractivity contribution < 1.29 is 23.5 Å². The number of esters is 1. The Morgan fingerprint density at radius 1 is 1.19 bits per heavy atom. The van der Waals surface area contributed by atoms with Gasteiger partial charge in [0.25, 0.3) is 11.1 Å². The van der Waals surface area contributed by atoms with Gasteiger partial charge in [-0.15, -0.1) is 0 Å². The van der Waals surface area contributed by atoms with Crippen LogP contribution in [0.25, 0.3) is 11.1 Å². The summed E-state index contributed by atoms with van der Waals surface area (Å²) in [7, 11) is 1.56. The molecule has 27 heavy (non-hydrogen) atoms. The Kier molecular flexibility index (Phi) is 5.97. The second-order valence-corrected chi connectivity index (χ2v) is 6.51. The number of carbonyl (C=O) groups excluding carboxylic acids is 2. The molecular formula is C19H18N2O5S. The molecule has 1 N–H and O–H groups in total. The highest BCUT2D eigenvalue weighted by Crippen LogP contribution is 2.23. The SMILES string of the molecule is COc1ccc(NC(=O)C(C)OC(=O)CSc2nc3ccccc3o2)cc1. The van der Waals surface area contributed by atoms with E-state index in [0.717, 1.165) is 17.3 Å². The molecule has 3 aromatic rings. The van der Waals surface area contributed by atoms with Crippen LogP contribution in [0.15, 0.2) is 58.2 Å². The third kappa shape index (κ3) is 5.01. The van der Waals surface area contributed by atoms with Gasteiger partial charge in [-0.25, -0.2) is 4.98 Å². The van der Waals surface area contributed by atoms with Crippen molar-refractivity contribution in [3.63, 3.8) is 0 Å². The van der Waals surface area contributed by atoms with E-state index < -0.39 is 18.0 Å². The summed E-state index contributed by atoms with van der Waals surface area (Å²) in [5, 5.41) is 3.06. The number of rotatable bonds is 7. The van der Waals surface area contributed by atoms with Crippen molar-refractivity contribution in [3.8, 4) is 5.75 Å². The van der Waals surface area contributed by atoms with Crippen molar-refractivity contribution in [2.75, 3.05) is 18.2 Å². The van der Waals surface area contributed by atoms with Crippen LogP contribution in [0.1, 0.15) is 6.92 Å². The molecule has 0 saturated carbocycles. The number of carbonyl (C=O) groups is 2. The predicted octanol–water partition coefficient (Wildman–Crippen LogP) is 3.50. The number of thioether (sulfide) groups is 1. The maximum absolute atomic E-state index is 12.1. The molecule has 0 aliphatic carbocycles. The van der Waals surface area contributed by atoms with Gasteiger partial charge in [0.2, 0.25) is 0 Å². The highest BCUT2D eigenvalue weighted by atomic mass is 32.2. The number of amides is 1. The van der Waals surface area contributed by atoms with E-state index in [2.05, 4.69) is 10.3 Å². The van der Waals surface area contributed by atoms with E-state index >= 15 is 0 Å². The monoisotopic (exact) mass is 386 g/mol. The minimum atomic E-state index is -0.927. The molecule has 0 saturated heterocycles. The molecule has 1 atom stereocenters. The molecule has 0 fully saturated rings. The van der Waals surface area contributed by atoms with Gasteiger partial charge in [0, 0.05) is 5.69 Å². The number of nitrogens with zero attached hydrogens (tertiary/aromatic N) is 1. The van der Waals surface area contributed by atoms with Crippen LogP contribution in [0.3, 0.4) is 0 Å². The average molecular weight is 386 g/mol. The van der Waals surface area contributed by atoms with E-state index in [4.69, 9.17) is 13.9 Å². The van der Waals surface area contributed by atoms with Crippen molar-refractivity contribution in [2.24, 2.45) is 0 Å². The fraction of sp³-hybridized carbons (Fsp3) is 0.211. The predicted molar refractivity (Wildman–Crippen MR) is 102 cm³/mol. The molecule has 3 rings (SSSR count). The first-order valence-corrected chi connectivity index (χ1v) is 9.16. The van der Waals surface area contributed by atoms with E-state index in [9.17, 15) is 9.59 Å². The highest BCUT2D eigenvalue weighted by Gasteiger charge is 2.19. The number of benzene rings is 2. The summed E-state index contributed by atoms with van der Waals surface area (Å²) in [5.74, 6) is -0.267. The van der Waals surface area contributed by atoms with Gasteiger partial charge in [0.15, 0.2) is 11.7 Å². The number of ether oxygens (including phenoxy) is 2. The lowest BCUT2D eigenvalue weighted by Crippen LogP contribution is -2.30. The van der Waals surface area contributed by atoms with Crippen LogP contribution in [0.5, 0.6) is 5.75 Å². The largest absolute Gasteiger partial charge is 0.497 e. The fourth-order valence-electron chi connectivity index (χ4n) is 2.24. The van der Waals surface area contributed by atoms with Crippen molar-refractivity contribution >= 4 is 40.4 Å². The van der Waals surface area contributed by atoms with Crippen LogP contribution in [0.4, 0.5) is 5.69 Å². The lowest BCUT2D eigenvalue weighted by atomic mass is 10.3. The Morgan fingerprint density at radius 2 is 1.93 bits per heavy atom. The quantitative estimate of drug-likeness (QED) is 0.491. The van der Waals surface area contributed by atoms with Gasteiger partial charge in [-0.2, -0.15) is 0 Å². The Labute approximate surface area is 160 Å². The molecule has 0 aliphatic rings. The molecule has 2 aromatic carbocycles. The average Bonchev–Trinajstić information content (AvgIpc) is 3.10. The molecule has 8 heteroatoms. The first kappa shape index (κ1) is 18.8. The molecule has 1 amide bonds. The minimum absolute atomic E-state index is 0.00697. The number of oxazole rings is 1. The Morgan fingerprint density at radius 3 is 2.63 bits per heavy atom. The van der Waals surface area contributed by atoms with Crippen molar-refractivity contribution in [2.45, 2.75) is 18.3 Å². The summed E-state index contributed by atoms with van der Waals surface area (Å²) in [6.45, 7) is 1.51. The van der Waals surface area contributed by atoms with E-state index in [0.29, 0.717) is 22.2 Å². The van der Waals surface area contributed by atoms with Gasteiger partial charge in [-0.1, -0.05) is 23.9 Å². The normalized spacial score (nSPS) is 11.8. The van der Waals surface area contributed by atoms with Gasteiger partial charge < -0.3 is 19.2 Å².